The Morgan fingerprint density at radius 3 is 2.69 bits per heavy atom. The number of aliphatic carboxylic acids is 1. The predicted molar refractivity (Wildman–Crippen MR) is 96.4 cm³/mol. The predicted octanol–water partition coefficient (Wildman–Crippen LogP) is 2.63. The second-order valence-corrected chi connectivity index (χ2v) is 6.21. The summed E-state index contributed by atoms with van der Waals surface area (Å²) < 4.78 is 10.7. The van der Waals surface area contributed by atoms with Crippen molar-refractivity contribution < 1.29 is 23.8 Å². The van der Waals surface area contributed by atoms with Crippen LogP contribution in [0, 0.1) is 6.92 Å². The molecule has 0 aliphatic rings. The molecule has 2 aromatic rings. The maximum atomic E-state index is 12.2. The van der Waals surface area contributed by atoms with E-state index in [2.05, 4.69) is 5.32 Å². The van der Waals surface area contributed by atoms with Crippen molar-refractivity contribution in [3.63, 3.8) is 0 Å². The van der Waals surface area contributed by atoms with Crippen LogP contribution < -0.4 is 15.7 Å². The van der Waals surface area contributed by atoms with Crippen molar-refractivity contribution >= 4 is 22.8 Å². The van der Waals surface area contributed by atoms with Crippen molar-refractivity contribution in [3.8, 4) is 5.75 Å². The highest BCUT2D eigenvalue weighted by Gasteiger charge is 2.23. The molecule has 0 spiro atoms. The molecular weight excluding hydrogens is 338 g/mol. The molecule has 0 saturated heterocycles. The van der Waals surface area contributed by atoms with Gasteiger partial charge >= 0.3 is 11.6 Å². The van der Waals surface area contributed by atoms with E-state index >= 15 is 0 Å². The first-order valence-corrected chi connectivity index (χ1v) is 8.56. The zero-order valence-electron chi connectivity index (χ0n) is 15.1. The van der Waals surface area contributed by atoms with E-state index in [9.17, 15) is 19.5 Å². The van der Waals surface area contributed by atoms with Gasteiger partial charge in [0.1, 0.15) is 17.4 Å². The first-order valence-electron chi connectivity index (χ1n) is 8.56. The molecule has 1 aromatic carbocycles. The molecule has 7 heteroatoms. The Balaban J connectivity index is 2.09. The van der Waals surface area contributed by atoms with Crippen molar-refractivity contribution in [3.05, 3.63) is 40.2 Å². The SMILES string of the molecule is CCCC[C@H](NC(=O)[C@@H](C)Oc1ccc2c(C)cc(=O)oc2c1)C(=O)O. The van der Waals surface area contributed by atoms with E-state index in [4.69, 9.17) is 9.15 Å². The minimum atomic E-state index is -1.07. The molecule has 1 heterocycles. The van der Waals surface area contributed by atoms with Crippen LogP contribution in [0.2, 0.25) is 0 Å². The zero-order chi connectivity index (χ0) is 19.3. The smallest absolute Gasteiger partial charge is 0.336 e. The number of carbonyl (C=O) groups is 2. The molecule has 7 nitrogen and oxygen atoms in total. The highest BCUT2D eigenvalue weighted by molar-refractivity contribution is 5.86. The molecule has 140 valence electrons. The van der Waals surface area contributed by atoms with Crippen LogP contribution in [0.4, 0.5) is 0 Å². The zero-order valence-corrected chi connectivity index (χ0v) is 15.1. The number of carboxylic acids is 1. The average molecular weight is 361 g/mol. The number of nitrogens with one attached hydrogen (secondary N) is 1. The van der Waals surface area contributed by atoms with Gasteiger partial charge in [0.25, 0.3) is 5.91 Å². The number of unbranched alkanes of at least 4 members (excludes halogenated alkanes) is 1. The lowest BCUT2D eigenvalue weighted by Gasteiger charge is -2.19. The number of benzene rings is 1. The van der Waals surface area contributed by atoms with E-state index in [0.717, 1.165) is 17.4 Å². The van der Waals surface area contributed by atoms with Crippen LogP contribution in [0.25, 0.3) is 11.0 Å². The maximum Gasteiger partial charge on any atom is 0.336 e. The van der Waals surface area contributed by atoms with Gasteiger partial charge in [-0.25, -0.2) is 9.59 Å². The highest BCUT2D eigenvalue weighted by Crippen LogP contribution is 2.23. The van der Waals surface area contributed by atoms with Crippen LogP contribution in [-0.4, -0.2) is 29.1 Å². The minimum Gasteiger partial charge on any atom is -0.481 e. The summed E-state index contributed by atoms with van der Waals surface area (Å²) >= 11 is 0. The van der Waals surface area contributed by atoms with Gasteiger partial charge < -0.3 is 19.6 Å². The number of hydrogen-bond donors (Lipinski definition) is 2. The third-order valence-electron chi connectivity index (χ3n) is 4.07. The Morgan fingerprint density at radius 1 is 1.31 bits per heavy atom. The Hall–Kier alpha value is -2.83. The molecule has 1 aromatic heterocycles. The second kappa shape index (κ2) is 8.51. The summed E-state index contributed by atoms with van der Waals surface area (Å²) in [5.74, 6) is -1.23. The first kappa shape index (κ1) is 19.5. The maximum absolute atomic E-state index is 12.2. The monoisotopic (exact) mass is 361 g/mol. The fourth-order valence-corrected chi connectivity index (χ4v) is 2.59. The van der Waals surface area contributed by atoms with Gasteiger partial charge in [-0.1, -0.05) is 19.8 Å². The summed E-state index contributed by atoms with van der Waals surface area (Å²) in [6.07, 6.45) is 1.01. The van der Waals surface area contributed by atoms with E-state index in [1.54, 1.807) is 25.1 Å². The molecule has 2 rings (SSSR count). The average Bonchev–Trinajstić information content (AvgIpc) is 2.57. The summed E-state index contributed by atoms with van der Waals surface area (Å²) in [6, 6.07) is 5.42. The molecule has 1 amide bonds. The number of rotatable bonds is 8. The van der Waals surface area contributed by atoms with Gasteiger partial charge in [0.05, 0.1) is 0 Å². The number of ether oxygens (including phenoxy) is 1. The van der Waals surface area contributed by atoms with Crippen molar-refractivity contribution in [2.45, 2.75) is 52.2 Å². The molecule has 0 bridgehead atoms. The van der Waals surface area contributed by atoms with Gasteiger partial charge in [0.15, 0.2) is 6.10 Å². The van der Waals surface area contributed by atoms with Crippen LogP contribution in [0.15, 0.2) is 33.5 Å². The standard InChI is InChI=1S/C19H23NO6/c1-4-5-6-15(19(23)24)20-18(22)12(3)25-13-7-8-14-11(2)9-17(21)26-16(14)10-13/h7-10,12,15H,4-6H2,1-3H3,(H,20,22)(H,23,24)/t12-,15+/m1/s1. The third-order valence-corrected chi connectivity index (χ3v) is 4.07. The third kappa shape index (κ3) is 4.84. The number of amides is 1. The molecule has 0 unspecified atom stereocenters. The molecular formula is C19H23NO6. The van der Waals surface area contributed by atoms with Gasteiger partial charge in [0, 0.05) is 17.5 Å². The highest BCUT2D eigenvalue weighted by atomic mass is 16.5. The fourth-order valence-electron chi connectivity index (χ4n) is 2.59. The Bertz CT molecular complexity index is 857. The molecule has 0 radical (unpaired) electrons. The summed E-state index contributed by atoms with van der Waals surface area (Å²) in [5, 5.41) is 12.5. The number of hydrogen-bond acceptors (Lipinski definition) is 5. The quantitative estimate of drug-likeness (QED) is 0.700. The van der Waals surface area contributed by atoms with Crippen LogP contribution >= 0.6 is 0 Å². The van der Waals surface area contributed by atoms with Crippen molar-refractivity contribution in [2.24, 2.45) is 0 Å². The number of carbonyl (C=O) groups excluding carboxylic acids is 1. The minimum absolute atomic E-state index is 0.356. The van der Waals surface area contributed by atoms with Crippen LogP contribution in [0.5, 0.6) is 5.75 Å². The lowest BCUT2D eigenvalue weighted by atomic mass is 10.1. The molecule has 0 fully saturated rings. The first-order chi connectivity index (χ1) is 12.3. The lowest BCUT2D eigenvalue weighted by Crippen LogP contribution is -2.46. The second-order valence-electron chi connectivity index (χ2n) is 6.21. The Kier molecular flexibility index (Phi) is 6.38. The summed E-state index contributed by atoms with van der Waals surface area (Å²) in [7, 11) is 0. The Morgan fingerprint density at radius 2 is 2.04 bits per heavy atom. The van der Waals surface area contributed by atoms with E-state index in [-0.39, 0.29) is 0 Å². The van der Waals surface area contributed by atoms with E-state index in [0.29, 0.717) is 24.2 Å². The van der Waals surface area contributed by atoms with Gasteiger partial charge in [-0.05, 0) is 38.0 Å². The van der Waals surface area contributed by atoms with Gasteiger partial charge in [-0.2, -0.15) is 0 Å². The summed E-state index contributed by atoms with van der Waals surface area (Å²) in [5.41, 5.74) is 0.693. The molecule has 0 aliphatic carbocycles. The fraction of sp³-hybridized carbons (Fsp3) is 0.421. The molecule has 2 N–H and O–H groups in total. The van der Waals surface area contributed by atoms with Gasteiger partial charge in [-0.3, -0.25) is 4.79 Å². The van der Waals surface area contributed by atoms with Crippen molar-refractivity contribution in [1.29, 1.82) is 0 Å². The summed E-state index contributed by atoms with van der Waals surface area (Å²) in [6.45, 7) is 5.29. The van der Waals surface area contributed by atoms with E-state index < -0.39 is 29.6 Å². The normalized spacial score (nSPS) is 13.2. The summed E-state index contributed by atoms with van der Waals surface area (Å²) in [4.78, 5) is 34.9. The van der Waals surface area contributed by atoms with Crippen LogP contribution in [0.1, 0.15) is 38.7 Å². The topological polar surface area (TPSA) is 106 Å². The van der Waals surface area contributed by atoms with E-state index in [1.807, 2.05) is 6.92 Å². The van der Waals surface area contributed by atoms with Crippen LogP contribution in [-0.2, 0) is 9.59 Å². The van der Waals surface area contributed by atoms with Gasteiger partial charge in [-0.15, -0.1) is 0 Å². The van der Waals surface area contributed by atoms with Gasteiger partial charge in [0.2, 0.25) is 0 Å². The molecule has 2 atom stereocenters. The molecule has 0 saturated carbocycles. The van der Waals surface area contributed by atoms with Crippen molar-refractivity contribution in [1.82, 2.24) is 5.32 Å². The van der Waals surface area contributed by atoms with E-state index in [1.165, 1.54) is 13.0 Å². The molecule has 26 heavy (non-hydrogen) atoms. The Labute approximate surface area is 151 Å². The van der Waals surface area contributed by atoms with Crippen LogP contribution in [0.3, 0.4) is 0 Å². The largest absolute Gasteiger partial charge is 0.481 e. The van der Waals surface area contributed by atoms with Crippen molar-refractivity contribution in [2.75, 3.05) is 0 Å². The number of carboxylic acid groups (broad SMARTS) is 1. The lowest BCUT2D eigenvalue weighted by molar-refractivity contribution is -0.143. The number of fused-ring (bicyclic) bond motifs is 1. The number of aryl methyl sites for hydroxylation is 1. The molecule has 0 aliphatic heterocycles.